The molecule has 1 heterocycles. The number of amides is 1. The zero-order valence-corrected chi connectivity index (χ0v) is 17.7. The topological polar surface area (TPSA) is 66.5 Å². The van der Waals surface area contributed by atoms with E-state index in [1.165, 1.54) is 12.1 Å². The van der Waals surface area contributed by atoms with Crippen molar-refractivity contribution in [3.8, 4) is 0 Å². The van der Waals surface area contributed by atoms with Gasteiger partial charge in [-0.2, -0.15) is 17.5 Å². The molecule has 1 aromatic carbocycles. The summed E-state index contributed by atoms with van der Waals surface area (Å²) in [6.45, 7) is 4.10. The van der Waals surface area contributed by atoms with Crippen LogP contribution in [-0.2, 0) is 21.0 Å². The third-order valence-corrected chi connectivity index (χ3v) is 7.22. The molecule has 1 unspecified atom stereocenters. The number of carbonyl (C=O) groups is 1. The van der Waals surface area contributed by atoms with E-state index in [2.05, 4.69) is 12.2 Å². The van der Waals surface area contributed by atoms with Gasteiger partial charge in [0.2, 0.25) is 15.9 Å². The van der Waals surface area contributed by atoms with E-state index in [-0.39, 0.29) is 31.0 Å². The third kappa shape index (κ3) is 6.18. The summed E-state index contributed by atoms with van der Waals surface area (Å²) in [5.41, 5.74) is -1.17. The minimum absolute atomic E-state index is 0.0246. The van der Waals surface area contributed by atoms with Crippen molar-refractivity contribution >= 4 is 15.9 Å². The molecule has 1 aromatic rings. The van der Waals surface area contributed by atoms with Crippen LogP contribution in [0.1, 0.15) is 57.9 Å². The summed E-state index contributed by atoms with van der Waals surface area (Å²) < 4.78 is 66.2. The van der Waals surface area contributed by atoms with Crippen LogP contribution in [0.5, 0.6) is 0 Å². The number of rotatable bonds is 8. The summed E-state index contributed by atoms with van der Waals surface area (Å²) >= 11 is 0. The highest BCUT2D eigenvalue weighted by Gasteiger charge is 2.40. The Balaban J connectivity index is 1.99. The van der Waals surface area contributed by atoms with Crippen molar-refractivity contribution in [2.24, 2.45) is 5.92 Å². The number of alkyl halides is 3. The summed E-state index contributed by atoms with van der Waals surface area (Å²) in [6, 6.07) is 4.25. The van der Waals surface area contributed by atoms with Crippen molar-refractivity contribution in [3.63, 3.8) is 0 Å². The zero-order valence-electron chi connectivity index (χ0n) is 16.8. The van der Waals surface area contributed by atoms with E-state index in [1.54, 1.807) is 0 Å². The van der Waals surface area contributed by atoms with Crippen molar-refractivity contribution in [1.29, 1.82) is 0 Å². The van der Waals surface area contributed by atoms with Crippen LogP contribution in [0.3, 0.4) is 0 Å². The molecule has 2 rings (SSSR count). The van der Waals surface area contributed by atoms with Gasteiger partial charge in [-0.05, 0) is 38.3 Å². The molecule has 0 saturated carbocycles. The normalized spacial score (nSPS) is 17.8. The molecule has 1 fully saturated rings. The van der Waals surface area contributed by atoms with E-state index in [9.17, 15) is 26.4 Å². The maximum absolute atomic E-state index is 13.2. The predicted octanol–water partition coefficient (Wildman–Crippen LogP) is 4.19. The molecular formula is C20H29F3N2O3S. The first-order chi connectivity index (χ1) is 13.6. The fourth-order valence-electron chi connectivity index (χ4n) is 3.56. The first-order valence-corrected chi connectivity index (χ1v) is 11.5. The van der Waals surface area contributed by atoms with Gasteiger partial charge in [0.05, 0.1) is 10.5 Å². The highest BCUT2D eigenvalue weighted by atomic mass is 32.2. The van der Waals surface area contributed by atoms with Gasteiger partial charge in [-0.15, -0.1) is 0 Å². The van der Waals surface area contributed by atoms with Crippen LogP contribution >= 0.6 is 0 Å². The molecule has 0 bridgehead atoms. The molecule has 0 aliphatic carbocycles. The molecular weight excluding hydrogens is 405 g/mol. The summed E-state index contributed by atoms with van der Waals surface area (Å²) in [5.74, 6) is -0.435. The van der Waals surface area contributed by atoms with Crippen LogP contribution in [0.4, 0.5) is 13.2 Å². The highest BCUT2D eigenvalue weighted by molar-refractivity contribution is 7.89. The standard InChI is InChI=1S/C20H29F3N2O3S/c1-3-4-5-8-15(2)24-19(26)16-11-13-25(14-12-16)29(27,28)18-10-7-6-9-17(18)20(21,22)23/h6-7,9-10,15-16H,3-5,8,11-14H2,1-2H3,(H,24,26). The Bertz CT molecular complexity index is 788. The van der Waals surface area contributed by atoms with Gasteiger partial charge in [-0.1, -0.05) is 38.3 Å². The molecule has 1 N–H and O–H groups in total. The van der Waals surface area contributed by atoms with E-state index < -0.39 is 26.7 Å². The van der Waals surface area contributed by atoms with Gasteiger partial charge >= 0.3 is 6.18 Å². The van der Waals surface area contributed by atoms with Crippen molar-refractivity contribution in [2.45, 2.75) is 69.5 Å². The van der Waals surface area contributed by atoms with Gasteiger partial charge in [-0.3, -0.25) is 4.79 Å². The lowest BCUT2D eigenvalue weighted by atomic mass is 9.96. The van der Waals surface area contributed by atoms with Crippen LogP contribution in [0.15, 0.2) is 29.2 Å². The molecule has 0 aromatic heterocycles. The van der Waals surface area contributed by atoms with E-state index in [1.807, 2.05) is 6.92 Å². The number of unbranched alkanes of at least 4 members (excludes halogenated alkanes) is 2. The maximum Gasteiger partial charge on any atom is 0.417 e. The number of nitrogens with one attached hydrogen (secondary N) is 1. The van der Waals surface area contributed by atoms with Crippen LogP contribution in [0, 0.1) is 5.92 Å². The number of benzene rings is 1. The minimum atomic E-state index is -4.75. The van der Waals surface area contributed by atoms with E-state index in [4.69, 9.17) is 0 Å². The van der Waals surface area contributed by atoms with Gasteiger partial charge < -0.3 is 5.32 Å². The molecule has 1 aliphatic rings. The highest BCUT2D eigenvalue weighted by Crippen LogP contribution is 2.36. The lowest BCUT2D eigenvalue weighted by Crippen LogP contribution is -2.45. The molecule has 0 radical (unpaired) electrons. The Morgan fingerprint density at radius 1 is 1.21 bits per heavy atom. The van der Waals surface area contributed by atoms with Gasteiger partial charge in [0.15, 0.2) is 0 Å². The Labute approximate surface area is 170 Å². The average Bonchev–Trinajstić information content (AvgIpc) is 2.67. The second-order valence-corrected chi connectivity index (χ2v) is 9.48. The molecule has 9 heteroatoms. The SMILES string of the molecule is CCCCCC(C)NC(=O)C1CCN(S(=O)(=O)c2ccccc2C(F)(F)F)CC1. The van der Waals surface area contributed by atoms with Crippen LogP contribution < -0.4 is 5.32 Å². The zero-order chi connectivity index (χ0) is 21.7. The fraction of sp³-hybridized carbons (Fsp3) is 0.650. The van der Waals surface area contributed by atoms with Crippen LogP contribution in [0.25, 0.3) is 0 Å². The van der Waals surface area contributed by atoms with Crippen molar-refractivity contribution in [1.82, 2.24) is 9.62 Å². The number of carbonyl (C=O) groups excluding carboxylic acids is 1. The Kier molecular flexibility index (Phi) is 8.10. The lowest BCUT2D eigenvalue weighted by molar-refractivity contribution is -0.139. The van der Waals surface area contributed by atoms with E-state index in [0.717, 1.165) is 42.1 Å². The number of sulfonamides is 1. The predicted molar refractivity (Wildman–Crippen MR) is 105 cm³/mol. The number of nitrogens with zero attached hydrogens (tertiary/aromatic N) is 1. The van der Waals surface area contributed by atoms with Crippen LogP contribution in [0.2, 0.25) is 0 Å². The maximum atomic E-state index is 13.2. The molecule has 1 saturated heterocycles. The van der Waals surface area contributed by atoms with Crippen molar-refractivity contribution in [3.05, 3.63) is 29.8 Å². The molecule has 1 amide bonds. The average molecular weight is 435 g/mol. The van der Waals surface area contributed by atoms with Gasteiger partial charge in [0, 0.05) is 25.0 Å². The molecule has 29 heavy (non-hydrogen) atoms. The van der Waals surface area contributed by atoms with Gasteiger partial charge in [0.25, 0.3) is 0 Å². The van der Waals surface area contributed by atoms with Gasteiger partial charge in [-0.25, -0.2) is 8.42 Å². The number of hydrogen-bond acceptors (Lipinski definition) is 3. The summed E-state index contributed by atoms with van der Waals surface area (Å²) in [6.07, 6.45) is -0.0349. The van der Waals surface area contributed by atoms with Crippen molar-refractivity contribution < 1.29 is 26.4 Å². The molecule has 1 atom stereocenters. The Morgan fingerprint density at radius 2 is 1.83 bits per heavy atom. The second-order valence-electron chi connectivity index (χ2n) is 7.58. The van der Waals surface area contributed by atoms with Crippen molar-refractivity contribution in [2.75, 3.05) is 13.1 Å². The third-order valence-electron chi connectivity index (χ3n) is 5.26. The first-order valence-electron chi connectivity index (χ1n) is 10.0. The van der Waals surface area contributed by atoms with Crippen LogP contribution in [-0.4, -0.2) is 37.8 Å². The minimum Gasteiger partial charge on any atom is -0.353 e. The van der Waals surface area contributed by atoms with E-state index >= 15 is 0 Å². The first kappa shape index (κ1) is 23.7. The quantitative estimate of drug-likeness (QED) is 0.624. The molecule has 1 aliphatic heterocycles. The summed E-state index contributed by atoms with van der Waals surface area (Å²) in [4.78, 5) is 11.7. The Morgan fingerprint density at radius 3 is 2.41 bits per heavy atom. The molecule has 164 valence electrons. The second kappa shape index (κ2) is 9.93. The molecule has 5 nitrogen and oxygen atoms in total. The summed E-state index contributed by atoms with van der Waals surface area (Å²) in [5, 5.41) is 2.97. The summed E-state index contributed by atoms with van der Waals surface area (Å²) in [7, 11) is -4.28. The lowest BCUT2D eigenvalue weighted by Gasteiger charge is -2.31. The largest absolute Gasteiger partial charge is 0.417 e. The fourth-order valence-corrected chi connectivity index (χ4v) is 5.24. The van der Waals surface area contributed by atoms with E-state index in [0.29, 0.717) is 12.8 Å². The number of halogens is 3. The number of piperidine rings is 1. The Hall–Kier alpha value is -1.61. The smallest absolute Gasteiger partial charge is 0.353 e. The monoisotopic (exact) mass is 434 g/mol. The van der Waals surface area contributed by atoms with Gasteiger partial charge in [0.1, 0.15) is 0 Å². The molecule has 0 spiro atoms. The number of hydrogen-bond donors (Lipinski definition) is 1.